The molecule has 102 valence electrons. The highest BCUT2D eigenvalue weighted by Gasteiger charge is 2.19. The van der Waals surface area contributed by atoms with E-state index < -0.39 is 0 Å². The predicted molar refractivity (Wildman–Crippen MR) is 74.6 cm³/mol. The van der Waals surface area contributed by atoms with E-state index in [4.69, 9.17) is 21.1 Å². The third kappa shape index (κ3) is 2.53. The van der Waals surface area contributed by atoms with Crippen LogP contribution in [0.15, 0.2) is 36.5 Å². The highest BCUT2D eigenvalue weighted by molar-refractivity contribution is 6.32. The molecule has 1 N–H and O–H groups in total. The van der Waals surface area contributed by atoms with Crippen molar-refractivity contribution < 1.29 is 14.3 Å². The monoisotopic (exact) mass is 290 g/mol. The zero-order valence-electron chi connectivity index (χ0n) is 10.4. The Balaban J connectivity index is 1.87. The molecule has 5 nitrogen and oxygen atoms in total. The minimum atomic E-state index is -0.303. The summed E-state index contributed by atoms with van der Waals surface area (Å²) in [5.74, 6) is 1.13. The van der Waals surface area contributed by atoms with E-state index >= 15 is 0 Å². The summed E-state index contributed by atoms with van der Waals surface area (Å²) < 4.78 is 10.8. The lowest BCUT2D eigenvalue weighted by molar-refractivity contribution is 0.102. The molecule has 6 heteroatoms. The van der Waals surface area contributed by atoms with Gasteiger partial charge in [-0.25, -0.2) is 4.98 Å². The molecular weight excluding hydrogens is 280 g/mol. The molecule has 20 heavy (non-hydrogen) atoms. The summed E-state index contributed by atoms with van der Waals surface area (Å²) in [5, 5.41) is 3.04. The molecule has 1 aliphatic rings. The van der Waals surface area contributed by atoms with Crippen LogP contribution in [0.2, 0.25) is 5.02 Å². The smallest absolute Gasteiger partial charge is 0.257 e. The van der Waals surface area contributed by atoms with Crippen LogP contribution in [-0.2, 0) is 0 Å². The SMILES string of the molecule is O=C(Nc1ccccn1)c1cc(Cl)c2c(c1)OCCO2. The molecule has 0 radical (unpaired) electrons. The van der Waals surface area contributed by atoms with E-state index in [2.05, 4.69) is 10.3 Å². The number of pyridine rings is 1. The molecule has 3 rings (SSSR count). The normalized spacial score (nSPS) is 12.8. The molecule has 0 fully saturated rings. The molecule has 1 amide bonds. The van der Waals surface area contributed by atoms with Gasteiger partial charge in [0.25, 0.3) is 5.91 Å². The van der Waals surface area contributed by atoms with E-state index in [1.165, 1.54) is 0 Å². The zero-order chi connectivity index (χ0) is 13.9. The van der Waals surface area contributed by atoms with Crippen LogP contribution in [0.5, 0.6) is 11.5 Å². The van der Waals surface area contributed by atoms with Crippen LogP contribution in [0, 0.1) is 0 Å². The number of ether oxygens (including phenoxy) is 2. The van der Waals surface area contributed by atoms with Gasteiger partial charge in [0.15, 0.2) is 11.5 Å². The number of carbonyl (C=O) groups is 1. The van der Waals surface area contributed by atoms with Gasteiger partial charge in [0, 0.05) is 11.8 Å². The van der Waals surface area contributed by atoms with Crippen LogP contribution in [-0.4, -0.2) is 24.1 Å². The van der Waals surface area contributed by atoms with Gasteiger partial charge in [-0.2, -0.15) is 0 Å². The van der Waals surface area contributed by atoms with Gasteiger partial charge in [-0.1, -0.05) is 17.7 Å². The van der Waals surface area contributed by atoms with E-state index in [9.17, 15) is 4.79 Å². The van der Waals surface area contributed by atoms with Crippen LogP contribution in [0.4, 0.5) is 5.82 Å². The largest absolute Gasteiger partial charge is 0.486 e. The minimum Gasteiger partial charge on any atom is -0.486 e. The van der Waals surface area contributed by atoms with Gasteiger partial charge in [0.05, 0.1) is 5.02 Å². The summed E-state index contributed by atoms with van der Waals surface area (Å²) in [4.78, 5) is 16.2. The number of nitrogens with one attached hydrogen (secondary N) is 1. The quantitative estimate of drug-likeness (QED) is 0.924. The summed E-state index contributed by atoms with van der Waals surface area (Å²) in [5.41, 5.74) is 0.393. The fourth-order valence-corrected chi connectivity index (χ4v) is 2.13. The maximum atomic E-state index is 12.1. The lowest BCUT2D eigenvalue weighted by atomic mass is 10.1. The Bertz CT molecular complexity index is 646. The molecule has 0 spiro atoms. The lowest BCUT2D eigenvalue weighted by Crippen LogP contribution is -2.18. The lowest BCUT2D eigenvalue weighted by Gasteiger charge is -2.20. The second-order valence-corrected chi connectivity index (χ2v) is 4.56. The topological polar surface area (TPSA) is 60.5 Å². The number of nitrogens with zero attached hydrogens (tertiary/aromatic N) is 1. The first kappa shape index (κ1) is 12.7. The van der Waals surface area contributed by atoms with Gasteiger partial charge < -0.3 is 14.8 Å². The van der Waals surface area contributed by atoms with Crippen LogP contribution < -0.4 is 14.8 Å². The molecule has 0 bridgehead atoms. The standard InChI is InChI=1S/C14H11ClN2O3/c15-10-7-9(8-11-13(10)20-6-5-19-11)14(18)17-12-3-1-2-4-16-12/h1-4,7-8H,5-6H2,(H,16,17,18). The van der Waals surface area contributed by atoms with Crippen molar-refractivity contribution in [1.29, 1.82) is 0 Å². The molecule has 0 unspecified atom stereocenters. The summed E-state index contributed by atoms with van der Waals surface area (Å²) in [6.45, 7) is 0.890. The van der Waals surface area contributed by atoms with Gasteiger partial charge in [-0.05, 0) is 24.3 Å². The number of halogens is 1. The number of benzene rings is 1. The Kier molecular flexibility index (Phi) is 3.43. The Labute approximate surface area is 120 Å². The fraction of sp³-hybridized carbons (Fsp3) is 0.143. The predicted octanol–water partition coefficient (Wildman–Crippen LogP) is 2.76. The van der Waals surface area contributed by atoms with Gasteiger partial charge >= 0.3 is 0 Å². The van der Waals surface area contributed by atoms with E-state index in [1.807, 2.05) is 0 Å². The van der Waals surface area contributed by atoms with Crippen molar-refractivity contribution >= 4 is 23.3 Å². The van der Waals surface area contributed by atoms with Crippen molar-refractivity contribution in [3.05, 3.63) is 47.1 Å². The molecule has 0 aliphatic carbocycles. The minimum absolute atomic E-state index is 0.303. The molecule has 0 atom stereocenters. The molecule has 2 aromatic rings. The fourth-order valence-electron chi connectivity index (χ4n) is 1.87. The Hall–Kier alpha value is -2.27. The molecular formula is C14H11ClN2O3. The van der Waals surface area contributed by atoms with Crippen LogP contribution in [0.3, 0.4) is 0 Å². The second kappa shape index (κ2) is 5.38. The zero-order valence-corrected chi connectivity index (χ0v) is 11.2. The average Bonchev–Trinajstić information content (AvgIpc) is 2.48. The third-order valence-electron chi connectivity index (χ3n) is 2.77. The van der Waals surface area contributed by atoms with Gasteiger partial charge in [-0.15, -0.1) is 0 Å². The van der Waals surface area contributed by atoms with Crippen molar-refractivity contribution in [2.24, 2.45) is 0 Å². The first-order valence-corrected chi connectivity index (χ1v) is 6.43. The Morgan fingerprint density at radius 3 is 2.90 bits per heavy atom. The van der Waals surface area contributed by atoms with E-state index in [1.54, 1.807) is 36.5 Å². The molecule has 2 heterocycles. The number of hydrogen-bond donors (Lipinski definition) is 1. The number of anilines is 1. The number of amides is 1. The number of hydrogen-bond acceptors (Lipinski definition) is 4. The second-order valence-electron chi connectivity index (χ2n) is 4.15. The Morgan fingerprint density at radius 2 is 2.10 bits per heavy atom. The van der Waals surface area contributed by atoms with Crippen molar-refractivity contribution in [2.45, 2.75) is 0 Å². The van der Waals surface area contributed by atoms with Crippen LogP contribution in [0.1, 0.15) is 10.4 Å². The molecule has 0 saturated heterocycles. The number of fused-ring (bicyclic) bond motifs is 1. The summed E-state index contributed by atoms with van der Waals surface area (Å²) >= 11 is 6.09. The van der Waals surface area contributed by atoms with E-state index in [0.29, 0.717) is 41.1 Å². The van der Waals surface area contributed by atoms with Crippen molar-refractivity contribution in [3.8, 4) is 11.5 Å². The maximum absolute atomic E-state index is 12.1. The molecule has 1 aliphatic heterocycles. The first-order valence-electron chi connectivity index (χ1n) is 6.05. The number of carbonyl (C=O) groups excluding carboxylic acids is 1. The first-order chi connectivity index (χ1) is 9.74. The van der Waals surface area contributed by atoms with Crippen LogP contribution in [0.25, 0.3) is 0 Å². The van der Waals surface area contributed by atoms with Crippen molar-refractivity contribution in [2.75, 3.05) is 18.5 Å². The van der Waals surface area contributed by atoms with Gasteiger partial charge in [-0.3, -0.25) is 4.79 Å². The van der Waals surface area contributed by atoms with Crippen LogP contribution >= 0.6 is 11.6 Å². The van der Waals surface area contributed by atoms with E-state index in [-0.39, 0.29) is 5.91 Å². The summed E-state index contributed by atoms with van der Waals surface area (Å²) in [6.07, 6.45) is 1.60. The Morgan fingerprint density at radius 1 is 1.25 bits per heavy atom. The number of rotatable bonds is 2. The molecule has 1 aromatic carbocycles. The van der Waals surface area contributed by atoms with E-state index in [0.717, 1.165) is 0 Å². The average molecular weight is 291 g/mol. The van der Waals surface area contributed by atoms with Gasteiger partial charge in [0.2, 0.25) is 0 Å². The van der Waals surface area contributed by atoms with Gasteiger partial charge in [0.1, 0.15) is 19.0 Å². The van der Waals surface area contributed by atoms with Crippen molar-refractivity contribution in [3.63, 3.8) is 0 Å². The maximum Gasteiger partial charge on any atom is 0.257 e. The molecule has 0 saturated carbocycles. The van der Waals surface area contributed by atoms with Crippen molar-refractivity contribution in [1.82, 2.24) is 4.98 Å². The third-order valence-corrected chi connectivity index (χ3v) is 3.05. The summed E-state index contributed by atoms with van der Waals surface area (Å²) in [7, 11) is 0. The number of aromatic nitrogens is 1. The molecule has 1 aromatic heterocycles. The summed E-state index contributed by atoms with van der Waals surface area (Å²) in [6, 6.07) is 8.43. The highest BCUT2D eigenvalue weighted by atomic mass is 35.5. The highest BCUT2D eigenvalue weighted by Crippen LogP contribution is 2.38.